The second-order valence-corrected chi connectivity index (χ2v) is 10.9. The van der Waals surface area contributed by atoms with E-state index >= 15 is 0 Å². The monoisotopic (exact) mass is 613 g/mol. The summed E-state index contributed by atoms with van der Waals surface area (Å²) < 4.78 is 76.2. The van der Waals surface area contributed by atoms with Crippen LogP contribution in [-0.4, -0.2) is 51.9 Å². The lowest BCUT2D eigenvalue weighted by molar-refractivity contribution is -0.137. The number of rotatable bonds is 8. The molecular weight excluding hydrogens is 591 g/mol. The van der Waals surface area contributed by atoms with E-state index in [1.54, 1.807) is 47.1 Å². The van der Waals surface area contributed by atoms with Crippen molar-refractivity contribution in [1.82, 2.24) is 24.6 Å². The van der Waals surface area contributed by atoms with Crippen molar-refractivity contribution in [2.45, 2.75) is 18.0 Å². The summed E-state index contributed by atoms with van der Waals surface area (Å²) >= 11 is 0. The quantitative estimate of drug-likeness (QED) is 0.233. The van der Waals surface area contributed by atoms with Gasteiger partial charge in [0.25, 0.3) is 0 Å². The number of alkyl halides is 3. The van der Waals surface area contributed by atoms with Gasteiger partial charge in [-0.25, -0.2) is 32.7 Å². The van der Waals surface area contributed by atoms with Crippen molar-refractivity contribution in [3.05, 3.63) is 78.8 Å². The Hall–Kier alpha value is -5.25. The number of sulfone groups is 1. The van der Waals surface area contributed by atoms with Gasteiger partial charge in [0, 0.05) is 17.9 Å². The molecule has 12 nitrogen and oxygen atoms in total. The highest BCUT2D eigenvalue weighted by Crippen LogP contribution is 2.34. The third-order valence-corrected chi connectivity index (χ3v) is 6.98. The van der Waals surface area contributed by atoms with Gasteiger partial charge >= 0.3 is 18.2 Å². The van der Waals surface area contributed by atoms with Crippen molar-refractivity contribution >= 4 is 32.9 Å². The van der Waals surface area contributed by atoms with E-state index in [0.29, 0.717) is 36.0 Å². The topological polar surface area (TPSA) is 150 Å². The third kappa shape index (κ3) is 6.81. The van der Waals surface area contributed by atoms with Crippen LogP contribution in [0.4, 0.5) is 29.3 Å². The molecule has 5 aromatic rings. The van der Waals surface area contributed by atoms with Gasteiger partial charge in [0.15, 0.2) is 15.5 Å². The Bertz CT molecular complexity index is 1900. The third-order valence-electron chi connectivity index (χ3n) is 5.83. The van der Waals surface area contributed by atoms with Crippen LogP contribution in [0.25, 0.3) is 16.9 Å². The van der Waals surface area contributed by atoms with E-state index < -0.39 is 38.2 Å². The fraction of sp³-hybridized carbons (Fsp3) is 0.148. The maximum atomic E-state index is 13.1. The highest BCUT2D eigenvalue weighted by atomic mass is 32.2. The summed E-state index contributed by atoms with van der Waals surface area (Å²) in [5.74, 6) is 0.882. The number of ether oxygens (including phenoxy) is 2. The summed E-state index contributed by atoms with van der Waals surface area (Å²) in [6, 6.07) is 11.4. The van der Waals surface area contributed by atoms with Gasteiger partial charge in [0.2, 0.25) is 5.88 Å². The van der Waals surface area contributed by atoms with E-state index in [9.17, 15) is 26.4 Å². The van der Waals surface area contributed by atoms with E-state index in [2.05, 4.69) is 30.7 Å². The van der Waals surface area contributed by atoms with E-state index in [0.717, 1.165) is 23.6 Å². The molecule has 0 aliphatic carbocycles. The molecule has 222 valence electrons. The van der Waals surface area contributed by atoms with Crippen molar-refractivity contribution < 1.29 is 35.9 Å². The number of nitrogens with one attached hydrogen (secondary N) is 2. The van der Waals surface area contributed by atoms with Gasteiger partial charge in [0.05, 0.1) is 52.7 Å². The minimum Gasteiger partial charge on any atom is -0.477 e. The molecule has 5 rings (SSSR count). The standard InChI is InChI=1S/C27H22F3N7O5S/c1-3-41-24-11-10-23-31-15-21(37(23)36-24)16-4-7-19(8-5-16)42-26-32-13-18(14-33-26)34-25(38)35-20-12-17(27(28,29)30)6-9-22(20)43(2,39)40/h4-15H,3H2,1-2H3,(H2,34,35,38). The summed E-state index contributed by atoms with van der Waals surface area (Å²) in [6.45, 7) is 2.35. The summed E-state index contributed by atoms with van der Waals surface area (Å²) in [7, 11) is -3.94. The van der Waals surface area contributed by atoms with Crippen LogP contribution in [0.5, 0.6) is 17.6 Å². The molecular formula is C27H22F3N7O5S. The number of hydrogen-bond acceptors (Lipinski definition) is 9. The van der Waals surface area contributed by atoms with Crippen LogP contribution in [0.15, 0.2) is 78.1 Å². The molecule has 3 heterocycles. The number of hydrogen-bond donors (Lipinski definition) is 2. The smallest absolute Gasteiger partial charge is 0.416 e. The number of carbonyl (C=O) groups excluding carboxylic acids is 1. The first kappa shape index (κ1) is 29.2. The van der Waals surface area contributed by atoms with Crippen LogP contribution in [0.2, 0.25) is 0 Å². The van der Waals surface area contributed by atoms with Gasteiger partial charge in [-0.15, -0.1) is 5.10 Å². The molecule has 2 aromatic carbocycles. The van der Waals surface area contributed by atoms with Crippen molar-refractivity contribution in [1.29, 1.82) is 0 Å². The lowest BCUT2D eigenvalue weighted by Crippen LogP contribution is -2.21. The van der Waals surface area contributed by atoms with Gasteiger partial charge in [0.1, 0.15) is 5.75 Å². The van der Waals surface area contributed by atoms with Crippen LogP contribution in [0.3, 0.4) is 0 Å². The lowest BCUT2D eigenvalue weighted by Gasteiger charge is -2.14. The highest BCUT2D eigenvalue weighted by Gasteiger charge is 2.32. The van der Waals surface area contributed by atoms with Crippen molar-refractivity contribution in [3.8, 4) is 28.9 Å². The minimum absolute atomic E-state index is 0.0474. The summed E-state index contributed by atoms with van der Waals surface area (Å²) in [6.07, 6.45) is 0.175. The number of urea groups is 1. The molecule has 43 heavy (non-hydrogen) atoms. The molecule has 0 radical (unpaired) electrons. The number of imidazole rings is 1. The number of halogens is 3. The maximum absolute atomic E-state index is 13.1. The molecule has 2 amide bonds. The molecule has 0 aliphatic heterocycles. The molecule has 16 heteroatoms. The molecule has 0 bridgehead atoms. The molecule has 0 saturated carbocycles. The normalized spacial score (nSPS) is 11.7. The van der Waals surface area contributed by atoms with Crippen molar-refractivity contribution in [3.63, 3.8) is 0 Å². The van der Waals surface area contributed by atoms with E-state index in [1.807, 2.05) is 6.92 Å². The van der Waals surface area contributed by atoms with Crippen LogP contribution < -0.4 is 20.1 Å². The van der Waals surface area contributed by atoms with Gasteiger partial charge in [-0.05, 0) is 55.5 Å². The number of anilines is 2. The average molecular weight is 614 g/mol. The maximum Gasteiger partial charge on any atom is 0.416 e. The Morgan fingerprint density at radius 1 is 0.953 bits per heavy atom. The van der Waals surface area contributed by atoms with Crippen LogP contribution in [-0.2, 0) is 16.0 Å². The Labute approximate surface area is 242 Å². The van der Waals surface area contributed by atoms with E-state index in [-0.39, 0.29) is 11.7 Å². The zero-order valence-corrected chi connectivity index (χ0v) is 23.3. The predicted molar refractivity (Wildman–Crippen MR) is 149 cm³/mol. The number of carbonyl (C=O) groups is 1. The number of nitrogens with zero attached hydrogens (tertiary/aromatic N) is 5. The minimum atomic E-state index is -4.74. The largest absolute Gasteiger partial charge is 0.477 e. The summed E-state index contributed by atoms with van der Waals surface area (Å²) in [4.78, 5) is 24.4. The number of amides is 2. The fourth-order valence-electron chi connectivity index (χ4n) is 3.92. The Balaban J connectivity index is 1.25. The van der Waals surface area contributed by atoms with Gasteiger partial charge < -0.3 is 20.1 Å². The van der Waals surface area contributed by atoms with Crippen molar-refractivity contribution in [2.24, 2.45) is 0 Å². The summed E-state index contributed by atoms with van der Waals surface area (Å²) in [5, 5.41) is 8.92. The molecule has 0 aliphatic rings. The van der Waals surface area contributed by atoms with Gasteiger partial charge in [-0.2, -0.15) is 13.2 Å². The first-order chi connectivity index (χ1) is 20.4. The number of fused-ring (bicyclic) bond motifs is 1. The SMILES string of the molecule is CCOc1ccc2ncc(-c3ccc(Oc4ncc(NC(=O)Nc5cc(C(F)(F)F)ccc5S(C)(=O)=O)cn4)cc3)n2n1. The number of aromatic nitrogens is 5. The molecule has 0 saturated heterocycles. The molecule has 0 atom stereocenters. The highest BCUT2D eigenvalue weighted by molar-refractivity contribution is 7.90. The molecule has 0 fully saturated rings. The predicted octanol–water partition coefficient (Wildman–Crippen LogP) is 5.44. The Morgan fingerprint density at radius 3 is 2.33 bits per heavy atom. The Kier molecular flexibility index (Phi) is 7.86. The van der Waals surface area contributed by atoms with Crippen molar-refractivity contribution in [2.75, 3.05) is 23.5 Å². The first-order valence-electron chi connectivity index (χ1n) is 12.5. The molecule has 0 spiro atoms. The van der Waals surface area contributed by atoms with E-state index in [1.165, 1.54) is 12.4 Å². The fourth-order valence-corrected chi connectivity index (χ4v) is 4.75. The van der Waals surface area contributed by atoms with Gasteiger partial charge in [-0.3, -0.25) is 0 Å². The lowest BCUT2D eigenvalue weighted by atomic mass is 10.1. The molecule has 0 unspecified atom stereocenters. The molecule has 3 aromatic heterocycles. The van der Waals surface area contributed by atoms with Crippen LogP contribution >= 0.6 is 0 Å². The second-order valence-electron chi connectivity index (χ2n) is 8.96. The average Bonchev–Trinajstić information content (AvgIpc) is 3.37. The zero-order valence-electron chi connectivity index (χ0n) is 22.5. The van der Waals surface area contributed by atoms with Crippen LogP contribution in [0.1, 0.15) is 12.5 Å². The van der Waals surface area contributed by atoms with E-state index in [4.69, 9.17) is 9.47 Å². The summed E-state index contributed by atoms with van der Waals surface area (Å²) in [5.41, 5.74) is 0.613. The van der Waals surface area contributed by atoms with Gasteiger partial charge in [-0.1, -0.05) is 0 Å². The zero-order chi connectivity index (χ0) is 30.8. The first-order valence-corrected chi connectivity index (χ1v) is 14.4. The van der Waals surface area contributed by atoms with Crippen LogP contribution in [0, 0.1) is 0 Å². The molecule has 2 N–H and O–H groups in total. The Morgan fingerprint density at radius 2 is 1.67 bits per heavy atom. The number of benzene rings is 2. The second kappa shape index (κ2) is 11.6.